The van der Waals surface area contributed by atoms with Crippen LogP contribution in [-0.4, -0.2) is 10.8 Å². The molecule has 2 nitrogen and oxygen atoms in total. The summed E-state index contributed by atoms with van der Waals surface area (Å²) in [6, 6.07) is 15.0. The first-order valence-corrected chi connectivity index (χ1v) is 9.41. The van der Waals surface area contributed by atoms with E-state index in [0.717, 1.165) is 15.3 Å². The largest absolute Gasteiger partial charge is 0.293 e. The molecule has 3 heteroatoms. The van der Waals surface area contributed by atoms with Crippen molar-refractivity contribution in [2.24, 2.45) is 5.41 Å². The monoisotopic (exact) mass is 347 g/mol. The standard InChI is InChI=1S/C22H21NOS/c1-14-4-6-16(7-5-14)20-17-12-19(15-8-10-23-11-9-15)25-21(17)18(24)13-22(20,2)3/h4-12,20H,13H2,1-3H3. The average molecular weight is 347 g/mol. The van der Waals surface area contributed by atoms with Gasteiger partial charge in [-0.1, -0.05) is 43.7 Å². The van der Waals surface area contributed by atoms with E-state index in [4.69, 9.17) is 0 Å². The van der Waals surface area contributed by atoms with Crippen LogP contribution in [0.4, 0.5) is 0 Å². The molecule has 0 radical (unpaired) electrons. The lowest BCUT2D eigenvalue weighted by atomic mass is 9.65. The highest BCUT2D eigenvalue weighted by Gasteiger charge is 2.42. The zero-order valence-corrected chi connectivity index (χ0v) is 15.6. The van der Waals surface area contributed by atoms with Gasteiger partial charge in [-0.05, 0) is 47.2 Å². The number of nitrogens with zero attached hydrogens (tertiary/aromatic N) is 1. The molecule has 0 fully saturated rings. The molecule has 0 spiro atoms. The van der Waals surface area contributed by atoms with Crippen LogP contribution < -0.4 is 0 Å². The molecule has 3 aromatic rings. The first-order chi connectivity index (χ1) is 12.0. The summed E-state index contributed by atoms with van der Waals surface area (Å²) in [5.41, 5.74) is 4.78. The molecule has 1 aliphatic carbocycles. The first kappa shape index (κ1) is 16.2. The SMILES string of the molecule is Cc1ccc(C2c3cc(-c4ccncc4)sc3C(=O)CC2(C)C)cc1. The molecule has 2 aromatic heterocycles. The Bertz CT molecular complexity index is 922. The Balaban J connectivity index is 1.88. The third-order valence-electron chi connectivity index (χ3n) is 5.10. The number of hydrogen-bond donors (Lipinski definition) is 0. The highest BCUT2D eigenvalue weighted by molar-refractivity contribution is 7.17. The lowest BCUT2D eigenvalue weighted by Crippen LogP contribution is -2.31. The molecule has 0 saturated heterocycles. The number of hydrogen-bond acceptors (Lipinski definition) is 3. The Morgan fingerprint density at radius 1 is 1.08 bits per heavy atom. The van der Waals surface area contributed by atoms with Gasteiger partial charge in [-0.25, -0.2) is 0 Å². The minimum atomic E-state index is -0.0874. The van der Waals surface area contributed by atoms with Crippen LogP contribution in [0.3, 0.4) is 0 Å². The summed E-state index contributed by atoms with van der Waals surface area (Å²) < 4.78 is 0. The maximum absolute atomic E-state index is 12.8. The van der Waals surface area contributed by atoms with Gasteiger partial charge in [0.1, 0.15) is 0 Å². The van der Waals surface area contributed by atoms with Crippen LogP contribution in [0.2, 0.25) is 0 Å². The van der Waals surface area contributed by atoms with Gasteiger partial charge in [0.25, 0.3) is 0 Å². The topological polar surface area (TPSA) is 30.0 Å². The zero-order valence-electron chi connectivity index (χ0n) is 14.7. The number of benzene rings is 1. The number of aryl methyl sites for hydroxylation is 1. The summed E-state index contributed by atoms with van der Waals surface area (Å²) in [6.07, 6.45) is 4.20. The molecule has 25 heavy (non-hydrogen) atoms. The number of carbonyl (C=O) groups excluding carboxylic acids is 1. The van der Waals surface area contributed by atoms with Crippen LogP contribution in [0.15, 0.2) is 54.9 Å². The van der Waals surface area contributed by atoms with E-state index in [1.165, 1.54) is 16.7 Å². The summed E-state index contributed by atoms with van der Waals surface area (Å²) in [5, 5.41) is 0. The smallest absolute Gasteiger partial charge is 0.173 e. The van der Waals surface area contributed by atoms with Crippen LogP contribution in [0, 0.1) is 12.3 Å². The molecule has 1 aromatic carbocycles. The van der Waals surface area contributed by atoms with E-state index >= 15 is 0 Å². The van der Waals surface area contributed by atoms with Crippen molar-refractivity contribution in [3.8, 4) is 10.4 Å². The van der Waals surface area contributed by atoms with E-state index in [-0.39, 0.29) is 17.1 Å². The van der Waals surface area contributed by atoms with Gasteiger partial charge in [-0.3, -0.25) is 9.78 Å². The van der Waals surface area contributed by atoms with E-state index in [1.807, 2.05) is 12.1 Å². The van der Waals surface area contributed by atoms with Gasteiger partial charge in [0.05, 0.1) is 4.88 Å². The third-order valence-corrected chi connectivity index (χ3v) is 6.34. The minimum Gasteiger partial charge on any atom is -0.293 e. The Labute approximate surface area is 152 Å². The summed E-state index contributed by atoms with van der Waals surface area (Å²) >= 11 is 1.62. The molecule has 1 aliphatic rings. The molecule has 0 bridgehead atoms. The predicted molar refractivity (Wildman–Crippen MR) is 103 cm³/mol. The average Bonchev–Trinajstić information content (AvgIpc) is 3.02. The van der Waals surface area contributed by atoms with Crippen molar-refractivity contribution < 1.29 is 4.79 Å². The van der Waals surface area contributed by atoms with Gasteiger partial charge in [0, 0.05) is 29.6 Å². The number of thiophene rings is 1. The zero-order chi connectivity index (χ0) is 17.6. The van der Waals surface area contributed by atoms with Crippen LogP contribution in [0.25, 0.3) is 10.4 Å². The lowest BCUT2D eigenvalue weighted by Gasteiger charge is -2.38. The number of Topliss-reactive ketones (excluding diaryl/α,β-unsaturated/α-hetero) is 1. The number of fused-ring (bicyclic) bond motifs is 1. The van der Waals surface area contributed by atoms with Crippen molar-refractivity contribution >= 4 is 17.1 Å². The highest BCUT2D eigenvalue weighted by Crippen LogP contribution is 2.52. The molecule has 1 atom stereocenters. The van der Waals surface area contributed by atoms with Crippen molar-refractivity contribution in [3.05, 3.63) is 76.4 Å². The second kappa shape index (κ2) is 5.92. The summed E-state index contributed by atoms with van der Waals surface area (Å²) in [7, 11) is 0. The normalized spacial score (nSPS) is 18.8. The van der Waals surface area contributed by atoms with Gasteiger partial charge >= 0.3 is 0 Å². The maximum atomic E-state index is 12.8. The second-order valence-corrected chi connectivity index (χ2v) is 8.62. The van der Waals surface area contributed by atoms with Crippen LogP contribution in [0.5, 0.6) is 0 Å². The molecule has 126 valence electrons. The van der Waals surface area contributed by atoms with E-state index in [9.17, 15) is 4.79 Å². The molecule has 0 saturated carbocycles. The van der Waals surface area contributed by atoms with E-state index < -0.39 is 0 Å². The summed E-state index contributed by atoms with van der Waals surface area (Å²) in [4.78, 5) is 19.0. The predicted octanol–water partition coefficient (Wildman–Crippen LogP) is 5.86. The van der Waals surface area contributed by atoms with Gasteiger partial charge in [-0.15, -0.1) is 11.3 Å². The third kappa shape index (κ3) is 2.83. The number of ketones is 1. The highest BCUT2D eigenvalue weighted by atomic mass is 32.1. The fourth-order valence-electron chi connectivity index (χ4n) is 3.90. The summed E-state index contributed by atoms with van der Waals surface area (Å²) in [5.74, 6) is 0.515. The van der Waals surface area contributed by atoms with E-state index in [0.29, 0.717) is 6.42 Å². The van der Waals surface area contributed by atoms with E-state index in [2.05, 4.69) is 56.1 Å². The van der Waals surface area contributed by atoms with Gasteiger partial charge in [0.2, 0.25) is 0 Å². The second-order valence-electron chi connectivity index (χ2n) is 7.56. The van der Waals surface area contributed by atoms with Crippen LogP contribution >= 0.6 is 11.3 Å². The molecule has 2 heterocycles. The van der Waals surface area contributed by atoms with Gasteiger partial charge < -0.3 is 0 Å². The number of carbonyl (C=O) groups is 1. The molecule has 4 rings (SSSR count). The Kier molecular flexibility index (Phi) is 3.84. The summed E-state index contributed by atoms with van der Waals surface area (Å²) in [6.45, 7) is 6.53. The minimum absolute atomic E-state index is 0.0874. The molecular weight excluding hydrogens is 326 g/mol. The molecule has 0 N–H and O–H groups in total. The van der Waals surface area contributed by atoms with Crippen LogP contribution in [0.1, 0.15) is 52.5 Å². The first-order valence-electron chi connectivity index (χ1n) is 8.59. The lowest BCUT2D eigenvalue weighted by molar-refractivity contribution is 0.0903. The fourth-order valence-corrected chi connectivity index (χ4v) is 5.04. The quantitative estimate of drug-likeness (QED) is 0.581. The van der Waals surface area contributed by atoms with Gasteiger partial charge in [0.15, 0.2) is 5.78 Å². The van der Waals surface area contributed by atoms with Crippen molar-refractivity contribution in [2.75, 3.05) is 0 Å². The maximum Gasteiger partial charge on any atom is 0.173 e. The van der Waals surface area contributed by atoms with Crippen molar-refractivity contribution in [1.82, 2.24) is 4.98 Å². The Morgan fingerprint density at radius 3 is 2.44 bits per heavy atom. The van der Waals surface area contributed by atoms with Crippen molar-refractivity contribution in [1.29, 1.82) is 0 Å². The molecule has 1 unspecified atom stereocenters. The molecule has 0 amide bonds. The Hall–Kier alpha value is -2.26. The number of rotatable bonds is 2. The molecular formula is C22H21NOS. The van der Waals surface area contributed by atoms with Crippen molar-refractivity contribution in [3.63, 3.8) is 0 Å². The van der Waals surface area contributed by atoms with Crippen LogP contribution in [-0.2, 0) is 0 Å². The Morgan fingerprint density at radius 2 is 1.76 bits per heavy atom. The van der Waals surface area contributed by atoms with E-state index in [1.54, 1.807) is 23.7 Å². The number of aromatic nitrogens is 1. The molecule has 0 aliphatic heterocycles. The van der Waals surface area contributed by atoms with Gasteiger partial charge in [-0.2, -0.15) is 0 Å². The fraction of sp³-hybridized carbons (Fsp3) is 0.273. The van der Waals surface area contributed by atoms with Crippen molar-refractivity contribution in [2.45, 2.75) is 33.1 Å². The number of pyridine rings is 1.